The van der Waals surface area contributed by atoms with Gasteiger partial charge in [-0.05, 0) is 56.5 Å². The summed E-state index contributed by atoms with van der Waals surface area (Å²) in [6.07, 6.45) is 2.81. The Morgan fingerprint density at radius 2 is 1.83 bits per heavy atom. The van der Waals surface area contributed by atoms with Crippen LogP contribution in [0.1, 0.15) is 70.5 Å². The molecule has 2 atom stereocenters. The molecule has 2 aromatic carbocycles. The van der Waals surface area contributed by atoms with Crippen LogP contribution in [0.2, 0.25) is 0 Å². The fourth-order valence-electron chi connectivity index (χ4n) is 3.40. The Labute approximate surface area is 177 Å². The van der Waals surface area contributed by atoms with Gasteiger partial charge in [-0.3, -0.25) is 5.32 Å². The lowest BCUT2D eigenvalue weighted by atomic mass is 10.0. The number of rotatable bonds is 10. The van der Waals surface area contributed by atoms with Gasteiger partial charge in [-0.1, -0.05) is 44.5 Å². The Kier molecular flexibility index (Phi) is 6.77. The number of ether oxygens (including phenoxy) is 1. The van der Waals surface area contributed by atoms with Gasteiger partial charge < -0.3 is 14.3 Å². The average Bonchev–Trinajstić information content (AvgIpc) is 3.15. The molecule has 6 nitrogen and oxygen atoms in total. The van der Waals surface area contributed by atoms with Gasteiger partial charge in [-0.25, -0.2) is 9.78 Å². The number of oxazole rings is 1. The number of fused-ring (bicyclic) bond motifs is 1. The summed E-state index contributed by atoms with van der Waals surface area (Å²) in [6, 6.07) is 15.5. The zero-order valence-corrected chi connectivity index (χ0v) is 18.0. The van der Waals surface area contributed by atoms with Crippen LogP contribution in [0, 0.1) is 0 Å². The number of aromatic nitrogens is 1. The summed E-state index contributed by atoms with van der Waals surface area (Å²) in [4.78, 5) is 16.0. The van der Waals surface area contributed by atoms with Crippen molar-refractivity contribution < 1.29 is 19.1 Å². The fourth-order valence-corrected chi connectivity index (χ4v) is 3.40. The van der Waals surface area contributed by atoms with Crippen LogP contribution in [0.15, 0.2) is 52.9 Å². The molecule has 6 heteroatoms. The molecule has 1 aromatic heterocycles. The molecule has 0 bridgehead atoms. The molecule has 0 saturated heterocycles. The van der Waals surface area contributed by atoms with E-state index in [9.17, 15) is 9.90 Å². The monoisotopic (exact) mass is 410 g/mol. The summed E-state index contributed by atoms with van der Waals surface area (Å²) in [7, 11) is 0. The van der Waals surface area contributed by atoms with E-state index < -0.39 is 11.6 Å². The van der Waals surface area contributed by atoms with Crippen molar-refractivity contribution in [3.05, 3.63) is 60.0 Å². The Hall–Kier alpha value is -2.86. The highest BCUT2D eigenvalue weighted by molar-refractivity contribution is 5.76. The highest BCUT2D eigenvalue weighted by Crippen LogP contribution is 2.29. The molecule has 0 aliphatic rings. The first-order valence-electron chi connectivity index (χ1n) is 10.5. The van der Waals surface area contributed by atoms with Gasteiger partial charge in [0.05, 0.1) is 6.04 Å². The topological polar surface area (TPSA) is 84.6 Å². The second-order valence-electron chi connectivity index (χ2n) is 7.98. The van der Waals surface area contributed by atoms with Gasteiger partial charge in [-0.2, -0.15) is 0 Å². The Morgan fingerprint density at radius 1 is 1.13 bits per heavy atom. The molecule has 160 valence electrons. The standard InChI is InChI=1S/C24H30N2O4/c1-5-9-20(22-26-19-10-7-8-11-21(19)29-22)25-18(6-2)16-12-14-17(15-13-16)30-24(3,4)23(27)28/h7-8,10-15,18,20,25H,5-6,9H2,1-4H3,(H,27,28). The molecule has 0 aliphatic heterocycles. The first-order valence-corrected chi connectivity index (χ1v) is 10.5. The van der Waals surface area contributed by atoms with Crippen molar-refractivity contribution in [1.82, 2.24) is 10.3 Å². The molecule has 0 fully saturated rings. The lowest BCUT2D eigenvalue weighted by Crippen LogP contribution is -2.37. The maximum absolute atomic E-state index is 11.3. The zero-order valence-electron chi connectivity index (χ0n) is 18.0. The summed E-state index contributed by atoms with van der Waals surface area (Å²) in [6.45, 7) is 7.35. The van der Waals surface area contributed by atoms with E-state index in [0.29, 0.717) is 11.6 Å². The first kappa shape index (κ1) is 21.8. The Balaban J connectivity index is 1.77. The van der Waals surface area contributed by atoms with E-state index in [1.807, 2.05) is 48.5 Å². The Morgan fingerprint density at radius 3 is 2.43 bits per heavy atom. The van der Waals surface area contributed by atoms with Crippen molar-refractivity contribution in [2.24, 2.45) is 0 Å². The van der Waals surface area contributed by atoms with Crippen LogP contribution in [-0.4, -0.2) is 21.7 Å². The second kappa shape index (κ2) is 9.30. The third-order valence-corrected chi connectivity index (χ3v) is 5.17. The minimum atomic E-state index is -1.27. The van der Waals surface area contributed by atoms with Crippen molar-refractivity contribution in [2.75, 3.05) is 0 Å². The molecular weight excluding hydrogens is 380 g/mol. The number of carbonyl (C=O) groups is 1. The third-order valence-electron chi connectivity index (χ3n) is 5.17. The van der Waals surface area contributed by atoms with E-state index in [1.54, 1.807) is 0 Å². The van der Waals surface area contributed by atoms with E-state index in [4.69, 9.17) is 9.15 Å². The Bertz CT molecular complexity index is 945. The third kappa shape index (κ3) is 5.00. The predicted octanol–water partition coefficient (Wildman–Crippen LogP) is 5.65. The van der Waals surface area contributed by atoms with Crippen molar-refractivity contribution in [2.45, 2.75) is 64.6 Å². The number of carboxylic acid groups (broad SMARTS) is 1. The number of para-hydroxylation sites is 2. The van der Waals surface area contributed by atoms with Crippen LogP contribution >= 0.6 is 0 Å². The average molecular weight is 411 g/mol. The van der Waals surface area contributed by atoms with Crippen LogP contribution < -0.4 is 10.1 Å². The minimum Gasteiger partial charge on any atom is -0.478 e. The molecule has 2 unspecified atom stereocenters. The number of benzene rings is 2. The summed E-state index contributed by atoms with van der Waals surface area (Å²) < 4.78 is 11.6. The largest absolute Gasteiger partial charge is 0.478 e. The number of hydrogen-bond donors (Lipinski definition) is 2. The van der Waals surface area contributed by atoms with Crippen LogP contribution in [-0.2, 0) is 4.79 Å². The van der Waals surface area contributed by atoms with Crippen LogP contribution in [0.25, 0.3) is 11.1 Å². The molecule has 0 aliphatic carbocycles. The highest BCUT2D eigenvalue weighted by atomic mass is 16.5. The van der Waals surface area contributed by atoms with E-state index in [2.05, 4.69) is 24.1 Å². The van der Waals surface area contributed by atoms with Crippen molar-refractivity contribution in [3.63, 3.8) is 0 Å². The summed E-state index contributed by atoms with van der Waals surface area (Å²) in [5, 5.41) is 12.9. The van der Waals surface area contributed by atoms with Gasteiger partial charge in [0.15, 0.2) is 11.2 Å². The smallest absolute Gasteiger partial charge is 0.347 e. The normalized spacial score (nSPS) is 13.9. The van der Waals surface area contributed by atoms with Crippen LogP contribution in [0.5, 0.6) is 5.75 Å². The molecule has 1 heterocycles. The maximum Gasteiger partial charge on any atom is 0.347 e. The van der Waals surface area contributed by atoms with Gasteiger partial charge in [-0.15, -0.1) is 0 Å². The molecule has 3 rings (SSSR count). The fraction of sp³-hybridized carbons (Fsp3) is 0.417. The molecule has 0 saturated carbocycles. The number of aliphatic carboxylic acids is 1. The van der Waals surface area contributed by atoms with Gasteiger partial charge in [0, 0.05) is 6.04 Å². The van der Waals surface area contributed by atoms with E-state index in [1.165, 1.54) is 13.8 Å². The maximum atomic E-state index is 11.3. The summed E-state index contributed by atoms with van der Waals surface area (Å²) in [5.74, 6) is 0.241. The van der Waals surface area contributed by atoms with E-state index in [-0.39, 0.29) is 12.1 Å². The van der Waals surface area contributed by atoms with E-state index >= 15 is 0 Å². The predicted molar refractivity (Wildman–Crippen MR) is 117 cm³/mol. The molecule has 30 heavy (non-hydrogen) atoms. The molecule has 0 radical (unpaired) electrons. The van der Waals surface area contributed by atoms with Gasteiger partial charge in [0.25, 0.3) is 0 Å². The molecule has 3 aromatic rings. The number of hydrogen-bond acceptors (Lipinski definition) is 5. The summed E-state index contributed by atoms with van der Waals surface area (Å²) >= 11 is 0. The van der Waals surface area contributed by atoms with Crippen LogP contribution in [0.3, 0.4) is 0 Å². The molecule has 2 N–H and O–H groups in total. The highest BCUT2D eigenvalue weighted by Gasteiger charge is 2.29. The van der Waals surface area contributed by atoms with E-state index in [0.717, 1.165) is 35.9 Å². The van der Waals surface area contributed by atoms with Crippen molar-refractivity contribution >= 4 is 17.1 Å². The van der Waals surface area contributed by atoms with Gasteiger partial charge in [0.1, 0.15) is 11.3 Å². The molecule has 0 amide bonds. The van der Waals surface area contributed by atoms with Gasteiger partial charge in [0.2, 0.25) is 5.89 Å². The van der Waals surface area contributed by atoms with Crippen molar-refractivity contribution in [1.29, 1.82) is 0 Å². The molecular formula is C24H30N2O4. The van der Waals surface area contributed by atoms with Crippen molar-refractivity contribution in [3.8, 4) is 5.75 Å². The number of nitrogens with one attached hydrogen (secondary N) is 1. The number of carboxylic acids is 1. The van der Waals surface area contributed by atoms with Gasteiger partial charge >= 0.3 is 5.97 Å². The first-order chi connectivity index (χ1) is 14.3. The lowest BCUT2D eigenvalue weighted by molar-refractivity contribution is -0.152. The SMILES string of the molecule is CCCC(NC(CC)c1ccc(OC(C)(C)C(=O)O)cc1)c1nc2ccccc2o1. The second-order valence-corrected chi connectivity index (χ2v) is 7.98. The quantitative estimate of drug-likeness (QED) is 0.449. The zero-order chi connectivity index (χ0) is 21.7. The summed E-state index contributed by atoms with van der Waals surface area (Å²) in [5.41, 5.74) is 1.50. The lowest BCUT2D eigenvalue weighted by Gasteiger charge is -2.24. The number of nitrogens with zero attached hydrogens (tertiary/aromatic N) is 1. The minimum absolute atomic E-state index is 0.00854. The molecule has 0 spiro atoms. The van der Waals surface area contributed by atoms with Crippen LogP contribution in [0.4, 0.5) is 0 Å².